The molecule has 4 heteroatoms. The van der Waals surface area contributed by atoms with E-state index in [1.165, 1.54) is 24.2 Å². The van der Waals surface area contributed by atoms with E-state index < -0.39 is 0 Å². The second kappa shape index (κ2) is 11.5. The molecule has 164 valence electrons. The van der Waals surface area contributed by atoms with E-state index in [1.807, 2.05) is 60.4 Å². The highest BCUT2D eigenvalue weighted by atomic mass is 16.2. The molecule has 0 unspecified atom stereocenters. The van der Waals surface area contributed by atoms with Gasteiger partial charge in [0.2, 0.25) is 0 Å². The van der Waals surface area contributed by atoms with Gasteiger partial charge >= 0.3 is 0 Å². The summed E-state index contributed by atoms with van der Waals surface area (Å²) in [7, 11) is 0. The maximum Gasteiger partial charge on any atom is 0.277 e. The van der Waals surface area contributed by atoms with Gasteiger partial charge < -0.3 is 4.90 Å². The Hall–Kier alpha value is -2.88. The van der Waals surface area contributed by atoms with Gasteiger partial charge in [-0.2, -0.15) is 0 Å². The van der Waals surface area contributed by atoms with E-state index in [-0.39, 0.29) is 11.8 Å². The van der Waals surface area contributed by atoms with Crippen molar-refractivity contribution in [3.8, 4) is 0 Å². The highest BCUT2D eigenvalue weighted by Crippen LogP contribution is 2.32. The fourth-order valence-electron chi connectivity index (χ4n) is 4.13. The standard InChI is InChI=1S/C27H34N2O2/c1-3-5-6-7-8-15-20-29-26(30)24(23-18-13-10-14-19-23)25(27(29)31)28(4-2)21-22-16-11-9-12-17-22/h9-14,16-19H,3-8,15,20-21H2,1-2H3. The highest BCUT2D eigenvalue weighted by Gasteiger charge is 2.40. The molecular formula is C27H34N2O2. The van der Waals surface area contributed by atoms with Crippen molar-refractivity contribution >= 4 is 17.4 Å². The molecule has 2 amide bonds. The smallest absolute Gasteiger partial charge is 0.277 e. The number of carbonyl (C=O) groups is 2. The number of likely N-dealkylation sites (N-methyl/N-ethyl adjacent to an activating group) is 1. The predicted octanol–water partition coefficient (Wildman–Crippen LogP) is 5.65. The van der Waals surface area contributed by atoms with Gasteiger partial charge in [0.05, 0.1) is 5.57 Å². The third-order valence-electron chi connectivity index (χ3n) is 5.86. The summed E-state index contributed by atoms with van der Waals surface area (Å²) in [5.41, 5.74) is 3.01. The largest absolute Gasteiger partial charge is 0.362 e. The minimum Gasteiger partial charge on any atom is -0.362 e. The molecule has 31 heavy (non-hydrogen) atoms. The van der Waals surface area contributed by atoms with Crippen LogP contribution in [0.25, 0.3) is 5.57 Å². The number of rotatable bonds is 12. The van der Waals surface area contributed by atoms with E-state index in [4.69, 9.17) is 0 Å². The van der Waals surface area contributed by atoms with Crippen LogP contribution in [0.2, 0.25) is 0 Å². The average molecular weight is 419 g/mol. The van der Waals surface area contributed by atoms with Crippen LogP contribution in [0.4, 0.5) is 0 Å². The van der Waals surface area contributed by atoms with Gasteiger partial charge in [-0.25, -0.2) is 0 Å². The zero-order chi connectivity index (χ0) is 22.1. The summed E-state index contributed by atoms with van der Waals surface area (Å²) < 4.78 is 0. The SMILES string of the molecule is CCCCCCCCN1C(=O)C(c2ccccc2)=C(N(CC)Cc2ccccc2)C1=O. The number of unbranched alkanes of at least 4 members (excludes halogenated alkanes) is 5. The number of amides is 2. The number of hydrogen-bond donors (Lipinski definition) is 0. The van der Waals surface area contributed by atoms with Crippen molar-refractivity contribution in [3.63, 3.8) is 0 Å². The van der Waals surface area contributed by atoms with E-state index in [0.717, 1.165) is 30.4 Å². The summed E-state index contributed by atoms with van der Waals surface area (Å²) in [5.74, 6) is -0.318. The highest BCUT2D eigenvalue weighted by molar-refractivity contribution is 6.35. The Balaban J connectivity index is 1.83. The number of carbonyl (C=O) groups excluding carboxylic acids is 2. The van der Waals surface area contributed by atoms with E-state index in [2.05, 4.69) is 19.1 Å². The molecule has 4 nitrogen and oxygen atoms in total. The lowest BCUT2D eigenvalue weighted by Crippen LogP contribution is -2.35. The van der Waals surface area contributed by atoms with Crippen LogP contribution < -0.4 is 0 Å². The van der Waals surface area contributed by atoms with Crippen molar-refractivity contribution in [2.75, 3.05) is 13.1 Å². The first-order chi connectivity index (χ1) is 15.2. The van der Waals surface area contributed by atoms with Crippen molar-refractivity contribution in [3.05, 3.63) is 77.5 Å². The summed E-state index contributed by atoms with van der Waals surface area (Å²) in [6.07, 6.45) is 6.75. The number of nitrogens with zero attached hydrogens (tertiary/aromatic N) is 2. The molecule has 0 fully saturated rings. The first-order valence-electron chi connectivity index (χ1n) is 11.6. The lowest BCUT2D eigenvalue weighted by Gasteiger charge is -2.25. The van der Waals surface area contributed by atoms with Crippen LogP contribution in [0.1, 0.15) is 63.5 Å². The number of benzene rings is 2. The van der Waals surface area contributed by atoms with Crippen molar-refractivity contribution in [2.45, 2.75) is 58.9 Å². The number of hydrogen-bond acceptors (Lipinski definition) is 3. The summed E-state index contributed by atoms with van der Waals surface area (Å²) in [6, 6.07) is 19.7. The maximum atomic E-state index is 13.5. The van der Waals surface area contributed by atoms with Crippen LogP contribution in [-0.2, 0) is 16.1 Å². The quantitative estimate of drug-likeness (QED) is 0.330. The molecule has 1 aliphatic rings. The van der Waals surface area contributed by atoms with Crippen LogP contribution in [0.3, 0.4) is 0 Å². The Morgan fingerprint density at radius 3 is 2.00 bits per heavy atom. The zero-order valence-electron chi connectivity index (χ0n) is 18.8. The van der Waals surface area contributed by atoms with Crippen LogP contribution in [0.15, 0.2) is 66.4 Å². The van der Waals surface area contributed by atoms with Gasteiger partial charge in [0.1, 0.15) is 5.70 Å². The number of imide groups is 1. The molecule has 2 aromatic rings. The lowest BCUT2D eigenvalue weighted by atomic mass is 10.0. The zero-order valence-corrected chi connectivity index (χ0v) is 18.8. The van der Waals surface area contributed by atoms with Crippen molar-refractivity contribution in [1.29, 1.82) is 0 Å². The Kier molecular flexibility index (Phi) is 8.45. The summed E-state index contributed by atoms with van der Waals surface area (Å²) in [5, 5.41) is 0. The molecule has 0 atom stereocenters. The van der Waals surface area contributed by atoms with Gasteiger partial charge in [-0.05, 0) is 24.5 Å². The Morgan fingerprint density at radius 1 is 0.742 bits per heavy atom. The third kappa shape index (κ3) is 5.63. The average Bonchev–Trinajstić information content (AvgIpc) is 3.05. The second-order valence-corrected chi connectivity index (χ2v) is 8.12. The molecular weight excluding hydrogens is 384 g/mol. The minimum atomic E-state index is -0.161. The Bertz CT molecular complexity index is 890. The normalized spacial score (nSPS) is 13.9. The fraction of sp³-hybridized carbons (Fsp3) is 0.407. The van der Waals surface area contributed by atoms with E-state index in [9.17, 15) is 9.59 Å². The molecule has 0 radical (unpaired) electrons. The van der Waals surface area contributed by atoms with Gasteiger partial charge in [0.15, 0.2) is 0 Å². The van der Waals surface area contributed by atoms with Crippen LogP contribution in [-0.4, -0.2) is 34.7 Å². The lowest BCUT2D eigenvalue weighted by molar-refractivity contribution is -0.137. The molecule has 0 saturated heterocycles. The van der Waals surface area contributed by atoms with Crippen molar-refractivity contribution in [1.82, 2.24) is 9.80 Å². The second-order valence-electron chi connectivity index (χ2n) is 8.12. The molecule has 0 spiro atoms. The maximum absolute atomic E-state index is 13.5. The Morgan fingerprint density at radius 2 is 1.35 bits per heavy atom. The Labute approximate surface area is 186 Å². The molecule has 0 bridgehead atoms. The van der Waals surface area contributed by atoms with Crippen molar-refractivity contribution in [2.24, 2.45) is 0 Å². The minimum absolute atomic E-state index is 0.157. The summed E-state index contributed by atoms with van der Waals surface area (Å²) in [4.78, 5) is 30.4. The van der Waals surface area contributed by atoms with E-state index in [1.54, 1.807) is 0 Å². The summed E-state index contributed by atoms with van der Waals surface area (Å²) >= 11 is 0. The van der Waals surface area contributed by atoms with Gasteiger partial charge in [-0.1, -0.05) is 99.7 Å². The molecule has 1 aliphatic heterocycles. The van der Waals surface area contributed by atoms with Crippen LogP contribution in [0, 0.1) is 0 Å². The molecule has 2 aromatic carbocycles. The van der Waals surface area contributed by atoms with Gasteiger partial charge in [0.25, 0.3) is 11.8 Å². The molecule has 0 saturated carbocycles. The topological polar surface area (TPSA) is 40.6 Å². The first-order valence-corrected chi connectivity index (χ1v) is 11.6. The van der Waals surface area contributed by atoms with Crippen LogP contribution in [0.5, 0.6) is 0 Å². The first kappa shape index (κ1) is 22.8. The summed E-state index contributed by atoms with van der Waals surface area (Å²) in [6.45, 7) is 5.99. The van der Waals surface area contributed by atoms with Gasteiger partial charge in [0, 0.05) is 19.6 Å². The molecule has 3 rings (SSSR count). The van der Waals surface area contributed by atoms with Crippen LogP contribution >= 0.6 is 0 Å². The van der Waals surface area contributed by atoms with Crippen molar-refractivity contribution < 1.29 is 9.59 Å². The van der Waals surface area contributed by atoms with E-state index >= 15 is 0 Å². The van der Waals surface area contributed by atoms with Gasteiger partial charge in [-0.3, -0.25) is 14.5 Å². The van der Waals surface area contributed by atoms with Gasteiger partial charge in [-0.15, -0.1) is 0 Å². The molecule has 1 heterocycles. The third-order valence-corrected chi connectivity index (χ3v) is 5.86. The monoisotopic (exact) mass is 418 g/mol. The molecule has 0 aromatic heterocycles. The van der Waals surface area contributed by atoms with E-state index in [0.29, 0.717) is 30.9 Å². The fourth-order valence-corrected chi connectivity index (χ4v) is 4.13. The predicted molar refractivity (Wildman–Crippen MR) is 126 cm³/mol. The molecule has 0 N–H and O–H groups in total. The molecule has 0 aliphatic carbocycles.